The molecule has 106 valence electrons. The fraction of sp³-hybridized carbons (Fsp3) is 0.375. The summed E-state index contributed by atoms with van der Waals surface area (Å²) in [7, 11) is 0. The second kappa shape index (κ2) is 14.3. The molecule has 2 nitrogen and oxygen atoms in total. The molecule has 0 aliphatic heterocycles. The van der Waals surface area contributed by atoms with Crippen molar-refractivity contribution in [1.82, 2.24) is 9.97 Å². The van der Waals surface area contributed by atoms with Crippen LogP contribution in [0.3, 0.4) is 0 Å². The van der Waals surface area contributed by atoms with Crippen molar-refractivity contribution in [1.29, 1.82) is 0 Å². The Balaban J connectivity index is 0. The Hall–Kier alpha value is -1.77. The lowest BCUT2D eigenvalue weighted by Crippen LogP contribution is -1.77. The standard InChI is InChI=1S/C6H6FN.C6H7N.2C2H6/c1-5-2-6(7)4-8-3-5;1-6-3-2-4-7-5-6;2*1-2/h2-4H,1H3;2-5H,1H3;2*1-2H3. The Kier molecular flexibility index (Phi) is 14.7. The Morgan fingerprint density at radius 1 is 0.842 bits per heavy atom. The van der Waals surface area contributed by atoms with Crippen molar-refractivity contribution >= 4 is 0 Å². The zero-order valence-corrected chi connectivity index (χ0v) is 12.8. The van der Waals surface area contributed by atoms with Crippen molar-refractivity contribution < 1.29 is 4.39 Å². The van der Waals surface area contributed by atoms with Gasteiger partial charge in [0.05, 0.1) is 6.20 Å². The van der Waals surface area contributed by atoms with E-state index >= 15 is 0 Å². The Bertz CT molecular complexity index is 385. The number of hydrogen-bond acceptors (Lipinski definition) is 2. The lowest BCUT2D eigenvalue weighted by Gasteiger charge is -1.86. The first-order valence-electron chi connectivity index (χ1n) is 6.62. The van der Waals surface area contributed by atoms with Crippen LogP contribution >= 0.6 is 0 Å². The van der Waals surface area contributed by atoms with Gasteiger partial charge in [-0.3, -0.25) is 9.97 Å². The van der Waals surface area contributed by atoms with Crippen LogP contribution in [0.4, 0.5) is 4.39 Å². The average molecular weight is 264 g/mol. The van der Waals surface area contributed by atoms with E-state index in [9.17, 15) is 4.39 Å². The van der Waals surface area contributed by atoms with Gasteiger partial charge in [0, 0.05) is 18.6 Å². The smallest absolute Gasteiger partial charge is 0.141 e. The van der Waals surface area contributed by atoms with Crippen LogP contribution in [0, 0.1) is 19.7 Å². The lowest BCUT2D eigenvalue weighted by molar-refractivity contribution is 0.620. The summed E-state index contributed by atoms with van der Waals surface area (Å²) in [6.07, 6.45) is 6.41. The van der Waals surface area contributed by atoms with Crippen LogP contribution < -0.4 is 0 Å². The molecule has 0 saturated carbocycles. The summed E-state index contributed by atoms with van der Waals surface area (Å²) in [6.45, 7) is 11.8. The highest BCUT2D eigenvalue weighted by Crippen LogP contribution is 1.96. The second-order valence-corrected chi connectivity index (χ2v) is 3.21. The predicted octanol–water partition coefficient (Wildman–Crippen LogP) is 4.97. The summed E-state index contributed by atoms with van der Waals surface area (Å²) in [6, 6.07) is 5.38. The van der Waals surface area contributed by atoms with E-state index < -0.39 is 0 Å². The highest BCUT2D eigenvalue weighted by Gasteiger charge is 1.86. The van der Waals surface area contributed by atoms with E-state index in [0.717, 1.165) is 5.56 Å². The van der Waals surface area contributed by atoms with E-state index in [2.05, 4.69) is 9.97 Å². The molecular formula is C16H25FN2. The third-order valence-electron chi connectivity index (χ3n) is 1.65. The molecule has 0 aliphatic carbocycles. The summed E-state index contributed by atoms with van der Waals surface area (Å²) in [4.78, 5) is 7.49. The first-order valence-corrected chi connectivity index (χ1v) is 6.62. The molecule has 0 amide bonds. The van der Waals surface area contributed by atoms with Gasteiger partial charge in [0.15, 0.2) is 0 Å². The average Bonchev–Trinajstić information content (AvgIpc) is 2.44. The van der Waals surface area contributed by atoms with Gasteiger partial charge in [-0.05, 0) is 37.1 Å². The quantitative estimate of drug-likeness (QED) is 0.671. The van der Waals surface area contributed by atoms with Crippen molar-refractivity contribution in [2.24, 2.45) is 0 Å². The van der Waals surface area contributed by atoms with Gasteiger partial charge in [-0.1, -0.05) is 33.8 Å². The van der Waals surface area contributed by atoms with Gasteiger partial charge in [0.1, 0.15) is 5.82 Å². The van der Waals surface area contributed by atoms with Gasteiger partial charge in [-0.15, -0.1) is 0 Å². The monoisotopic (exact) mass is 264 g/mol. The van der Waals surface area contributed by atoms with Gasteiger partial charge in [0.2, 0.25) is 0 Å². The van der Waals surface area contributed by atoms with Crippen molar-refractivity contribution in [3.05, 3.63) is 59.9 Å². The minimum atomic E-state index is -0.273. The van der Waals surface area contributed by atoms with Gasteiger partial charge < -0.3 is 0 Å². The summed E-state index contributed by atoms with van der Waals surface area (Å²) in [5, 5.41) is 0. The van der Waals surface area contributed by atoms with Crippen molar-refractivity contribution in [3.8, 4) is 0 Å². The second-order valence-electron chi connectivity index (χ2n) is 3.21. The largest absolute Gasteiger partial charge is 0.264 e. The SMILES string of the molecule is CC.CC.Cc1cccnc1.Cc1cncc(F)c1. The van der Waals surface area contributed by atoms with Gasteiger partial charge in [0.25, 0.3) is 0 Å². The molecule has 0 bridgehead atoms. The normalized spacial score (nSPS) is 7.74. The molecule has 0 aromatic carbocycles. The maximum absolute atomic E-state index is 12.1. The van der Waals surface area contributed by atoms with E-state index in [1.807, 2.05) is 52.9 Å². The maximum Gasteiger partial charge on any atom is 0.141 e. The number of hydrogen-bond donors (Lipinski definition) is 0. The highest BCUT2D eigenvalue weighted by atomic mass is 19.1. The fourth-order valence-corrected chi connectivity index (χ4v) is 0.966. The fourth-order valence-electron chi connectivity index (χ4n) is 0.966. The number of halogens is 1. The Labute approximate surface area is 116 Å². The van der Waals surface area contributed by atoms with Crippen LogP contribution in [0.1, 0.15) is 38.8 Å². The van der Waals surface area contributed by atoms with E-state index in [-0.39, 0.29) is 5.82 Å². The number of aromatic nitrogens is 2. The van der Waals surface area contributed by atoms with E-state index in [0.29, 0.717) is 0 Å². The molecule has 2 aromatic heterocycles. The van der Waals surface area contributed by atoms with Gasteiger partial charge >= 0.3 is 0 Å². The molecule has 0 fully saturated rings. The Morgan fingerprint density at radius 3 is 1.68 bits per heavy atom. The molecule has 0 N–H and O–H groups in total. The molecule has 0 spiro atoms. The number of aryl methyl sites for hydroxylation is 2. The molecule has 0 saturated heterocycles. The molecule has 3 heteroatoms. The molecule has 0 unspecified atom stereocenters. The molecule has 2 rings (SSSR count). The number of pyridine rings is 2. The van der Waals surface area contributed by atoms with E-state index in [1.54, 1.807) is 19.3 Å². The molecule has 0 radical (unpaired) electrons. The van der Waals surface area contributed by atoms with Crippen molar-refractivity contribution in [2.45, 2.75) is 41.5 Å². The van der Waals surface area contributed by atoms with Crippen LogP contribution in [-0.2, 0) is 0 Å². The molecule has 0 atom stereocenters. The summed E-state index contributed by atoms with van der Waals surface area (Å²) >= 11 is 0. The minimum Gasteiger partial charge on any atom is -0.264 e. The zero-order valence-electron chi connectivity index (χ0n) is 12.8. The number of rotatable bonds is 0. The number of nitrogens with zero attached hydrogens (tertiary/aromatic N) is 2. The van der Waals surface area contributed by atoms with E-state index in [1.165, 1.54) is 17.8 Å². The molecule has 2 heterocycles. The van der Waals surface area contributed by atoms with Crippen LogP contribution in [0.5, 0.6) is 0 Å². The first-order chi connectivity index (χ1) is 9.18. The van der Waals surface area contributed by atoms with Crippen molar-refractivity contribution in [3.63, 3.8) is 0 Å². The maximum atomic E-state index is 12.1. The third-order valence-corrected chi connectivity index (χ3v) is 1.65. The van der Waals surface area contributed by atoms with Crippen LogP contribution in [0.2, 0.25) is 0 Å². The highest BCUT2D eigenvalue weighted by molar-refractivity contribution is 5.06. The Morgan fingerprint density at radius 2 is 1.42 bits per heavy atom. The predicted molar refractivity (Wildman–Crippen MR) is 80.6 cm³/mol. The molecule has 2 aromatic rings. The van der Waals surface area contributed by atoms with Crippen molar-refractivity contribution in [2.75, 3.05) is 0 Å². The lowest BCUT2D eigenvalue weighted by atomic mass is 10.3. The first kappa shape index (κ1) is 19.6. The summed E-state index contributed by atoms with van der Waals surface area (Å²) < 4.78 is 12.1. The topological polar surface area (TPSA) is 25.8 Å². The minimum absolute atomic E-state index is 0.273. The molecular weight excluding hydrogens is 239 g/mol. The third kappa shape index (κ3) is 12.5. The zero-order chi connectivity index (χ0) is 15.1. The molecule has 0 aliphatic rings. The summed E-state index contributed by atoms with van der Waals surface area (Å²) in [5.41, 5.74) is 2.06. The van der Waals surface area contributed by atoms with Crippen LogP contribution in [0.15, 0.2) is 43.0 Å². The van der Waals surface area contributed by atoms with Gasteiger partial charge in [-0.2, -0.15) is 0 Å². The summed E-state index contributed by atoms with van der Waals surface area (Å²) in [5.74, 6) is -0.273. The van der Waals surface area contributed by atoms with E-state index in [4.69, 9.17) is 0 Å². The van der Waals surface area contributed by atoms with Crippen LogP contribution in [-0.4, -0.2) is 9.97 Å². The van der Waals surface area contributed by atoms with Crippen LogP contribution in [0.25, 0.3) is 0 Å². The van der Waals surface area contributed by atoms with Gasteiger partial charge in [-0.25, -0.2) is 4.39 Å². The molecule has 19 heavy (non-hydrogen) atoms.